The lowest BCUT2D eigenvalue weighted by Gasteiger charge is -2.21. The van der Waals surface area contributed by atoms with Crippen LogP contribution in [0.5, 0.6) is 11.5 Å². The number of esters is 2. The molecule has 48 heavy (non-hydrogen) atoms. The maximum Gasteiger partial charge on any atom is 0.491 e. The number of hydrogen-bond donors (Lipinski definition) is 3. The van der Waals surface area contributed by atoms with Gasteiger partial charge in [0.25, 0.3) is 0 Å². The molecule has 0 saturated carbocycles. The molecule has 0 fully saturated rings. The van der Waals surface area contributed by atoms with Crippen molar-refractivity contribution in [1.82, 2.24) is 15.6 Å². The zero-order chi connectivity index (χ0) is 35.1. The van der Waals surface area contributed by atoms with Gasteiger partial charge in [-0.2, -0.15) is 26.3 Å². The van der Waals surface area contributed by atoms with Crippen LogP contribution in [0.2, 0.25) is 0 Å². The molecule has 1 aromatic heterocycles. The van der Waals surface area contributed by atoms with Crippen LogP contribution in [0.4, 0.5) is 30.7 Å². The normalized spacial score (nSPS) is 12.6. The average molecular weight is 704 g/mol. The number of alkyl halides is 6. The van der Waals surface area contributed by atoms with Gasteiger partial charge in [0.15, 0.2) is 5.75 Å². The highest BCUT2D eigenvalue weighted by molar-refractivity contribution is 7.16. The lowest BCUT2D eigenvalue weighted by Crippen LogP contribution is -2.32. The average Bonchev–Trinajstić information content (AvgIpc) is 3.42. The number of rotatable bonds is 14. The minimum Gasteiger partial charge on any atom is -0.496 e. The Morgan fingerprint density at radius 1 is 0.875 bits per heavy atom. The number of carbonyl (C=O) groups excluding carboxylic acids is 2. The predicted octanol–water partition coefficient (Wildman–Crippen LogP) is 5.52. The van der Waals surface area contributed by atoms with Crippen molar-refractivity contribution in [3.05, 3.63) is 92.3 Å². The fourth-order valence-electron chi connectivity index (χ4n) is 4.68. The first-order valence-electron chi connectivity index (χ1n) is 14.2. The lowest BCUT2D eigenvalue weighted by molar-refractivity contribution is -0.205. The molecule has 1 atom stereocenters. The first-order valence-corrected chi connectivity index (χ1v) is 15.0. The molecule has 4 rings (SSSR count). The quantitative estimate of drug-likeness (QED) is 0.0681. The molecule has 4 aromatic rings. The van der Waals surface area contributed by atoms with E-state index in [9.17, 15) is 45.1 Å². The van der Waals surface area contributed by atoms with Gasteiger partial charge in [-0.15, -0.1) is 0 Å². The number of aromatic nitrogens is 1. The number of thiazole rings is 1. The predicted molar refractivity (Wildman–Crippen MR) is 160 cm³/mol. The van der Waals surface area contributed by atoms with Crippen molar-refractivity contribution >= 4 is 33.5 Å². The highest BCUT2D eigenvalue weighted by Crippen LogP contribution is 2.35. The summed E-state index contributed by atoms with van der Waals surface area (Å²) >= 11 is 0.419. The smallest absolute Gasteiger partial charge is 0.491 e. The van der Waals surface area contributed by atoms with Gasteiger partial charge in [-0.3, -0.25) is 4.79 Å². The van der Waals surface area contributed by atoms with E-state index in [0.29, 0.717) is 48.6 Å². The van der Waals surface area contributed by atoms with Crippen LogP contribution in [0.25, 0.3) is 10.2 Å². The zero-order valence-corrected chi connectivity index (χ0v) is 25.8. The largest absolute Gasteiger partial charge is 0.496 e. The molecule has 0 spiro atoms. The summed E-state index contributed by atoms with van der Waals surface area (Å²) in [5.41, 5.74) is 1.67. The molecule has 3 N–H and O–H groups in total. The number of carbonyl (C=O) groups is 2. The number of fused-ring (bicyclic) bond motifs is 1. The molecule has 0 aliphatic heterocycles. The number of halogens is 7. The number of benzene rings is 3. The summed E-state index contributed by atoms with van der Waals surface area (Å²) in [5.74, 6) is -5.49. The SMILES string of the molecule is COc1ccc(CCNC[C@H](OC(=O)C(F)(F)F)c2ccc(OC(=O)C(F)(F)F)c3[nH]c(=O)sc23)cc1CNCCc1ccccc1F. The van der Waals surface area contributed by atoms with Gasteiger partial charge in [-0.25, -0.2) is 14.0 Å². The van der Waals surface area contributed by atoms with Gasteiger partial charge in [0.2, 0.25) is 0 Å². The van der Waals surface area contributed by atoms with E-state index in [2.05, 4.69) is 20.4 Å². The number of ether oxygens (including phenoxy) is 3. The molecule has 0 amide bonds. The molecule has 1 heterocycles. The number of hydrogen-bond acceptors (Lipinski definition) is 9. The summed E-state index contributed by atoms with van der Waals surface area (Å²) in [4.78, 5) is 36.7. The van der Waals surface area contributed by atoms with Crippen LogP contribution < -0.4 is 25.0 Å². The molecule has 3 aromatic carbocycles. The highest BCUT2D eigenvalue weighted by Gasteiger charge is 2.43. The molecular formula is C31H28F7N3O6S. The van der Waals surface area contributed by atoms with Crippen LogP contribution in [-0.2, 0) is 33.7 Å². The molecule has 258 valence electrons. The molecule has 0 saturated heterocycles. The Bertz CT molecular complexity index is 1810. The molecule has 0 bridgehead atoms. The first kappa shape index (κ1) is 36.4. The second-order valence-corrected chi connectivity index (χ2v) is 11.3. The van der Waals surface area contributed by atoms with E-state index in [1.165, 1.54) is 13.2 Å². The van der Waals surface area contributed by atoms with Crippen molar-refractivity contribution in [2.45, 2.75) is 37.8 Å². The summed E-state index contributed by atoms with van der Waals surface area (Å²) in [7, 11) is 1.51. The van der Waals surface area contributed by atoms with Crippen LogP contribution in [0, 0.1) is 5.82 Å². The van der Waals surface area contributed by atoms with Crippen molar-refractivity contribution in [2.75, 3.05) is 26.7 Å². The van der Waals surface area contributed by atoms with Crippen LogP contribution >= 0.6 is 11.3 Å². The van der Waals surface area contributed by atoms with Crippen LogP contribution in [-0.4, -0.2) is 56.0 Å². The maximum absolute atomic E-state index is 13.9. The Morgan fingerprint density at radius 2 is 1.56 bits per heavy atom. The van der Waals surface area contributed by atoms with Crippen molar-refractivity contribution in [2.24, 2.45) is 0 Å². The molecule has 9 nitrogen and oxygen atoms in total. The molecular weight excluding hydrogens is 675 g/mol. The van der Waals surface area contributed by atoms with Gasteiger partial charge in [-0.05, 0) is 61.3 Å². The van der Waals surface area contributed by atoms with Gasteiger partial charge in [0, 0.05) is 24.2 Å². The van der Waals surface area contributed by atoms with E-state index >= 15 is 0 Å². The van der Waals surface area contributed by atoms with E-state index in [4.69, 9.17) is 9.47 Å². The minimum absolute atomic E-state index is 0.140. The van der Waals surface area contributed by atoms with Crippen LogP contribution in [0.15, 0.2) is 59.4 Å². The number of methoxy groups -OCH3 is 1. The van der Waals surface area contributed by atoms with Gasteiger partial charge >= 0.3 is 29.2 Å². The molecule has 0 radical (unpaired) electrons. The summed E-state index contributed by atoms with van der Waals surface area (Å²) in [6.07, 6.45) is -11.5. The van der Waals surface area contributed by atoms with Gasteiger partial charge < -0.3 is 29.8 Å². The van der Waals surface area contributed by atoms with E-state index in [0.717, 1.165) is 23.3 Å². The Balaban J connectivity index is 1.45. The monoisotopic (exact) mass is 703 g/mol. The third-order valence-electron chi connectivity index (χ3n) is 6.94. The Kier molecular flexibility index (Phi) is 11.8. The number of aromatic amines is 1. The van der Waals surface area contributed by atoms with Gasteiger partial charge in [0.1, 0.15) is 23.2 Å². The van der Waals surface area contributed by atoms with E-state index < -0.39 is 41.0 Å². The Morgan fingerprint density at radius 3 is 2.25 bits per heavy atom. The van der Waals surface area contributed by atoms with E-state index in [1.54, 1.807) is 30.3 Å². The molecule has 0 aliphatic rings. The highest BCUT2D eigenvalue weighted by atomic mass is 32.1. The van der Waals surface area contributed by atoms with E-state index in [1.807, 2.05) is 6.07 Å². The Hall–Kier alpha value is -4.48. The minimum atomic E-state index is -5.37. The summed E-state index contributed by atoms with van der Waals surface area (Å²) in [5, 5.41) is 6.14. The van der Waals surface area contributed by atoms with Crippen LogP contribution in [0.3, 0.4) is 0 Å². The standard InChI is InChI=1S/C31H28F7N3O6S/c1-45-22-8-6-17(14-19(22)15-39-13-11-18-4-2-3-5-21(18)32)10-12-40-16-24(47-28(43)31(36,37)38)20-7-9-23(46-27(42)30(33,34)35)25-26(20)48-29(44)41-25/h2-9,14,24,39-40H,10-13,15-16H2,1H3,(H,41,44)/t24-/m0/s1. The molecule has 0 aliphatic carbocycles. The van der Waals surface area contributed by atoms with Crippen LogP contribution in [0.1, 0.15) is 28.4 Å². The second kappa shape index (κ2) is 15.6. The number of nitrogens with one attached hydrogen (secondary N) is 3. The van der Waals surface area contributed by atoms with E-state index in [-0.39, 0.29) is 34.7 Å². The van der Waals surface area contributed by atoms with Crippen molar-refractivity contribution in [1.29, 1.82) is 0 Å². The second-order valence-electron chi connectivity index (χ2n) is 10.3. The summed E-state index contributed by atoms with van der Waals surface area (Å²) < 4.78 is 106. The van der Waals surface area contributed by atoms with Crippen molar-refractivity contribution < 1.29 is 54.5 Å². The molecule has 0 unspecified atom stereocenters. The first-order chi connectivity index (χ1) is 22.7. The summed E-state index contributed by atoms with van der Waals surface area (Å²) in [6.45, 7) is 0.687. The maximum atomic E-state index is 13.9. The number of H-pyrrole nitrogens is 1. The summed E-state index contributed by atoms with van der Waals surface area (Å²) in [6, 6.07) is 13.7. The topological polar surface area (TPSA) is 119 Å². The zero-order valence-electron chi connectivity index (χ0n) is 25.0. The fourth-order valence-corrected chi connectivity index (χ4v) is 5.59. The molecule has 17 heteroatoms. The third kappa shape index (κ3) is 9.54. The lowest BCUT2D eigenvalue weighted by atomic mass is 10.1. The van der Waals surface area contributed by atoms with Gasteiger partial charge in [0.05, 0.1) is 11.8 Å². The Labute approximate surface area is 272 Å². The van der Waals surface area contributed by atoms with Gasteiger partial charge in [-0.1, -0.05) is 41.7 Å². The van der Waals surface area contributed by atoms with Crippen molar-refractivity contribution in [3.8, 4) is 11.5 Å². The van der Waals surface area contributed by atoms with Crippen molar-refractivity contribution in [3.63, 3.8) is 0 Å². The fraction of sp³-hybridized carbons (Fsp3) is 0.323. The third-order valence-corrected chi connectivity index (χ3v) is 7.87.